The number of unbranched alkanes of at least 4 members (excludes halogenated alkanes) is 2. The maximum atomic E-state index is 12.4. The lowest BCUT2D eigenvalue weighted by Gasteiger charge is -2.16. The molecule has 2 aromatic rings. The molecule has 1 amide bonds. The number of hydrogen-bond donors (Lipinski definition) is 1. The summed E-state index contributed by atoms with van der Waals surface area (Å²) in [6.07, 6.45) is 4.69. The standard InChI is InChI=1S/C14H19N5O/c1-2-3-7-10-15-14(20)13(19-11-16-17-18-19)12-8-5-4-6-9-12/h4-6,8-9,11,13H,2-3,7,10H2,1H3,(H,15,20). The summed E-state index contributed by atoms with van der Waals surface area (Å²) in [4.78, 5) is 12.4. The molecule has 6 nitrogen and oxygen atoms in total. The van der Waals surface area contributed by atoms with Gasteiger partial charge in [-0.2, -0.15) is 0 Å². The molecule has 1 aromatic carbocycles. The largest absolute Gasteiger partial charge is 0.354 e. The van der Waals surface area contributed by atoms with Crippen molar-refractivity contribution in [3.8, 4) is 0 Å². The Labute approximate surface area is 118 Å². The molecule has 6 heteroatoms. The molecular weight excluding hydrogens is 254 g/mol. The second-order valence-corrected chi connectivity index (χ2v) is 4.60. The molecule has 0 spiro atoms. The van der Waals surface area contributed by atoms with Crippen molar-refractivity contribution in [3.05, 3.63) is 42.2 Å². The zero-order valence-corrected chi connectivity index (χ0v) is 11.6. The molecule has 0 radical (unpaired) electrons. The molecule has 1 unspecified atom stereocenters. The Hall–Kier alpha value is -2.24. The fraction of sp³-hybridized carbons (Fsp3) is 0.429. The Morgan fingerprint density at radius 1 is 1.30 bits per heavy atom. The lowest BCUT2D eigenvalue weighted by Crippen LogP contribution is -2.34. The zero-order chi connectivity index (χ0) is 14.2. The Kier molecular flexibility index (Phi) is 5.23. The van der Waals surface area contributed by atoms with Gasteiger partial charge in [0.25, 0.3) is 0 Å². The summed E-state index contributed by atoms with van der Waals surface area (Å²) < 4.78 is 1.48. The van der Waals surface area contributed by atoms with Gasteiger partial charge in [-0.05, 0) is 22.4 Å². The number of amides is 1. The van der Waals surface area contributed by atoms with Crippen LogP contribution in [0.4, 0.5) is 0 Å². The number of carbonyl (C=O) groups excluding carboxylic acids is 1. The average Bonchev–Trinajstić information content (AvgIpc) is 2.99. The second kappa shape index (κ2) is 7.37. The predicted octanol–water partition coefficient (Wildman–Crippen LogP) is 1.57. The van der Waals surface area contributed by atoms with Crippen molar-refractivity contribution in [2.75, 3.05) is 6.54 Å². The quantitative estimate of drug-likeness (QED) is 0.777. The third-order valence-electron chi connectivity index (χ3n) is 3.07. The first-order valence-electron chi connectivity index (χ1n) is 6.88. The van der Waals surface area contributed by atoms with Crippen LogP contribution < -0.4 is 5.32 Å². The molecule has 0 saturated carbocycles. The van der Waals surface area contributed by atoms with E-state index in [0.29, 0.717) is 6.54 Å². The minimum atomic E-state index is -0.521. The molecular formula is C14H19N5O. The van der Waals surface area contributed by atoms with E-state index < -0.39 is 6.04 Å². The molecule has 0 saturated heterocycles. The van der Waals surface area contributed by atoms with Crippen molar-refractivity contribution < 1.29 is 4.79 Å². The highest BCUT2D eigenvalue weighted by atomic mass is 16.2. The molecule has 2 rings (SSSR count). The van der Waals surface area contributed by atoms with Gasteiger partial charge in [0.05, 0.1) is 0 Å². The summed E-state index contributed by atoms with van der Waals surface area (Å²) >= 11 is 0. The number of rotatable bonds is 7. The zero-order valence-electron chi connectivity index (χ0n) is 11.6. The van der Waals surface area contributed by atoms with Crippen LogP contribution in [-0.4, -0.2) is 32.7 Å². The summed E-state index contributed by atoms with van der Waals surface area (Å²) in [7, 11) is 0. The van der Waals surface area contributed by atoms with Crippen LogP contribution >= 0.6 is 0 Å². The van der Waals surface area contributed by atoms with Crippen molar-refractivity contribution >= 4 is 5.91 Å². The summed E-state index contributed by atoms with van der Waals surface area (Å²) in [6, 6.07) is 9.00. The number of carbonyl (C=O) groups is 1. The number of nitrogens with zero attached hydrogens (tertiary/aromatic N) is 4. The lowest BCUT2D eigenvalue weighted by molar-refractivity contribution is -0.123. The van der Waals surface area contributed by atoms with Crippen LogP contribution in [0.1, 0.15) is 37.8 Å². The van der Waals surface area contributed by atoms with E-state index in [1.165, 1.54) is 11.0 Å². The van der Waals surface area contributed by atoms with Gasteiger partial charge < -0.3 is 5.32 Å². The van der Waals surface area contributed by atoms with Crippen molar-refractivity contribution in [1.82, 2.24) is 25.5 Å². The maximum absolute atomic E-state index is 12.4. The van der Waals surface area contributed by atoms with Gasteiger partial charge in [0.1, 0.15) is 6.33 Å². The normalized spacial score (nSPS) is 12.1. The van der Waals surface area contributed by atoms with Gasteiger partial charge in [-0.3, -0.25) is 4.79 Å². The van der Waals surface area contributed by atoms with E-state index in [2.05, 4.69) is 27.8 Å². The minimum absolute atomic E-state index is 0.0837. The van der Waals surface area contributed by atoms with Gasteiger partial charge in [0.2, 0.25) is 5.91 Å². The number of hydrogen-bond acceptors (Lipinski definition) is 4. The third kappa shape index (κ3) is 3.63. The van der Waals surface area contributed by atoms with Gasteiger partial charge in [0.15, 0.2) is 6.04 Å². The molecule has 1 atom stereocenters. The second-order valence-electron chi connectivity index (χ2n) is 4.60. The van der Waals surface area contributed by atoms with E-state index in [-0.39, 0.29) is 5.91 Å². The fourth-order valence-electron chi connectivity index (χ4n) is 2.03. The molecule has 1 aromatic heterocycles. The van der Waals surface area contributed by atoms with Gasteiger partial charge in [-0.15, -0.1) is 5.10 Å². The summed E-state index contributed by atoms with van der Waals surface area (Å²) in [5.41, 5.74) is 0.868. The summed E-state index contributed by atoms with van der Waals surface area (Å²) in [5.74, 6) is -0.0837. The first kappa shape index (κ1) is 14.2. The fourth-order valence-corrected chi connectivity index (χ4v) is 2.03. The van der Waals surface area contributed by atoms with Crippen LogP contribution in [0.5, 0.6) is 0 Å². The highest BCUT2D eigenvalue weighted by Crippen LogP contribution is 2.16. The number of aromatic nitrogens is 4. The monoisotopic (exact) mass is 273 g/mol. The number of benzene rings is 1. The van der Waals surface area contributed by atoms with Crippen LogP contribution in [0.2, 0.25) is 0 Å². The van der Waals surface area contributed by atoms with Gasteiger partial charge >= 0.3 is 0 Å². The highest BCUT2D eigenvalue weighted by molar-refractivity contribution is 5.83. The van der Waals surface area contributed by atoms with Crippen molar-refractivity contribution in [3.63, 3.8) is 0 Å². The molecule has 0 fully saturated rings. The number of tetrazole rings is 1. The lowest BCUT2D eigenvalue weighted by atomic mass is 10.1. The Bertz CT molecular complexity index is 512. The molecule has 0 aliphatic rings. The van der Waals surface area contributed by atoms with Crippen LogP contribution in [0, 0.1) is 0 Å². The SMILES string of the molecule is CCCCCNC(=O)C(c1ccccc1)n1cnnn1. The van der Waals surface area contributed by atoms with Crippen molar-refractivity contribution in [1.29, 1.82) is 0 Å². The highest BCUT2D eigenvalue weighted by Gasteiger charge is 2.23. The Morgan fingerprint density at radius 3 is 2.75 bits per heavy atom. The van der Waals surface area contributed by atoms with Gasteiger partial charge in [-0.25, -0.2) is 4.68 Å². The number of nitrogens with one attached hydrogen (secondary N) is 1. The average molecular weight is 273 g/mol. The first-order chi connectivity index (χ1) is 9.83. The first-order valence-corrected chi connectivity index (χ1v) is 6.88. The smallest absolute Gasteiger partial charge is 0.249 e. The topological polar surface area (TPSA) is 72.7 Å². The molecule has 20 heavy (non-hydrogen) atoms. The molecule has 0 bridgehead atoms. The van der Waals surface area contributed by atoms with Crippen LogP contribution in [-0.2, 0) is 4.79 Å². The molecule has 0 aliphatic heterocycles. The van der Waals surface area contributed by atoms with Gasteiger partial charge in [0, 0.05) is 6.54 Å². The van der Waals surface area contributed by atoms with Crippen LogP contribution in [0.3, 0.4) is 0 Å². The molecule has 1 N–H and O–H groups in total. The van der Waals surface area contributed by atoms with E-state index in [4.69, 9.17) is 0 Å². The molecule has 106 valence electrons. The minimum Gasteiger partial charge on any atom is -0.354 e. The van der Waals surface area contributed by atoms with Gasteiger partial charge in [-0.1, -0.05) is 50.1 Å². The van der Waals surface area contributed by atoms with E-state index >= 15 is 0 Å². The Balaban J connectivity index is 2.09. The van der Waals surface area contributed by atoms with Crippen LogP contribution in [0.25, 0.3) is 0 Å². The third-order valence-corrected chi connectivity index (χ3v) is 3.07. The van der Waals surface area contributed by atoms with Crippen molar-refractivity contribution in [2.24, 2.45) is 0 Å². The van der Waals surface area contributed by atoms with Crippen molar-refractivity contribution in [2.45, 2.75) is 32.2 Å². The summed E-state index contributed by atoms with van der Waals surface area (Å²) in [6.45, 7) is 2.81. The Morgan fingerprint density at radius 2 is 2.10 bits per heavy atom. The van der Waals surface area contributed by atoms with E-state index in [9.17, 15) is 4.79 Å². The van der Waals surface area contributed by atoms with E-state index in [1.807, 2.05) is 30.3 Å². The molecule has 0 aliphatic carbocycles. The summed E-state index contributed by atoms with van der Waals surface area (Å²) in [5, 5.41) is 14.0. The van der Waals surface area contributed by atoms with Crippen LogP contribution in [0.15, 0.2) is 36.7 Å². The van der Waals surface area contributed by atoms with E-state index in [0.717, 1.165) is 24.8 Å². The molecule has 1 heterocycles. The maximum Gasteiger partial charge on any atom is 0.249 e. The predicted molar refractivity (Wildman–Crippen MR) is 74.9 cm³/mol. The van der Waals surface area contributed by atoms with E-state index in [1.54, 1.807) is 0 Å².